The lowest BCUT2D eigenvalue weighted by atomic mass is 9.65. The molecule has 8 heteroatoms. The zero-order chi connectivity index (χ0) is 23.5. The second kappa shape index (κ2) is 9.95. The van der Waals surface area contributed by atoms with E-state index >= 15 is 0 Å². The molecular weight excluding hydrogens is 422 g/mol. The van der Waals surface area contributed by atoms with Gasteiger partial charge < -0.3 is 19.3 Å². The van der Waals surface area contributed by atoms with Gasteiger partial charge in [-0.05, 0) is 31.6 Å². The predicted molar refractivity (Wildman–Crippen MR) is 123 cm³/mol. The monoisotopic (exact) mass is 459 g/mol. The molecule has 2 heterocycles. The van der Waals surface area contributed by atoms with Crippen LogP contribution >= 0.6 is 0 Å². The van der Waals surface area contributed by atoms with E-state index in [9.17, 15) is 19.5 Å². The van der Waals surface area contributed by atoms with Crippen LogP contribution in [-0.4, -0.2) is 57.2 Å². The van der Waals surface area contributed by atoms with Gasteiger partial charge in [-0.3, -0.25) is 9.59 Å². The second-order valence-corrected chi connectivity index (χ2v) is 10.4. The number of aromatic nitrogens is 2. The van der Waals surface area contributed by atoms with Gasteiger partial charge in [0.25, 0.3) is 5.56 Å². The third kappa shape index (κ3) is 5.00. The minimum absolute atomic E-state index is 0.0384. The highest BCUT2D eigenvalue weighted by atomic mass is 16.5. The van der Waals surface area contributed by atoms with E-state index in [4.69, 9.17) is 4.74 Å². The molecule has 3 fully saturated rings. The maximum atomic E-state index is 13.1. The predicted octanol–water partition coefficient (Wildman–Crippen LogP) is 2.91. The zero-order valence-electron chi connectivity index (χ0n) is 19.8. The van der Waals surface area contributed by atoms with Crippen molar-refractivity contribution in [2.45, 2.75) is 89.2 Å². The molecule has 1 unspecified atom stereocenters. The number of rotatable bonds is 6. The van der Waals surface area contributed by atoms with Gasteiger partial charge in [-0.1, -0.05) is 44.9 Å². The van der Waals surface area contributed by atoms with E-state index < -0.39 is 17.0 Å². The standard InChI is InChI=1S/C25H37N3O5/c1-33-23(31)20-16-28(22(30)15-26-20)18-25(32)13-14-27(17-24(25)11-5-6-12-24)21(29)10-9-19-7-3-2-4-8-19/h15-16,19,32H,2-14,17-18H2,1H3. The van der Waals surface area contributed by atoms with Crippen molar-refractivity contribution >= 4 is 11.9 Å². The Bertz CT molecular complexity index is 917. The van der Waals surface area contributed by atoms with E-state index in [1.165, 1.54) is 50.0 Å². The Morgan fingerprint density at radius 1 is 1.15 bits per heavy atom. The normalized spacial score (nSPS) is 25.3. The molecule has 2 saturated carbocycles. The van der Waals surface area contributed by atoms with Crippen LogP contribution in [0.4, 0.5) is 0 Å². The fraction of sp³-hybridized carbons (Fsp3) is 0.760. The molecule has 1 aliphatic heterocycles. The first-order chi connectivity index (χ1) is 15.9. The van der Waals surface area contributed by atoms with Gasteiger partial charge in [-0.2, -0.15) is 0 Å². The van der Waals surface area contributed by atoms with Gasteiger partial charge in [0.15, 0.2) is 5.69 Å². The molecule has 2 aliphatic carbocycles. The summed E-state index contributed by atoms with van der Waals surface area (Å²) in [5.74, 6) is 0.250. The lowest BCUT2D eigenvalue weighted by Gasteiger charge is -2.52. The summed E-state index contributed by atoms with van der Waals surface area (Å²) in [7, 11) is 1.27. The summed E-state index contributed by atoms with van der Waals surface area (Å²) in [6.07, 6.45) is 14.5. The van der Waals surface area contributed by atoms with Crippen molar-refractivity contribution in [2.75, 3.05) is 20.2 Å². The van der Waals surface area contributed by atoms with E-state index in [1.54, 1.807) is 0 Å². The SMILES string of the molecule is COC(=O)c1cn(CC2(O)CCN(C(=O)CCC3CCCCC3)CC23CCCC3)c(=O)cn1. The number of carbonyl (C=O) groups is 2. The van der Waals surface area contributed by atoms with Gasteiger partial charge in [0, 0.05) is 31.1 Å². The highest BCUT2D eigenvalue weighted by Gasteiger charge is 2.55. The Hall–Kier alpha value is -2.22. The maximum absolute atomic E-state index is 13.1. The lowest BCUT2D eigenvalue weighted by Crippen LogP contribution is -2.62. The third-order valence-corrected chi connectivity index (χ3v) is 8.38. The summed E-state index contributed by atoms with van der Waals surface area (Å²) in [6.45, 7) is 1.12. The van der Waals surface area contributed by atoms with Crippen molar-refractivity contribution < 1.29 is 19.4 Å². The van der Waals surface area contributed by atoms with Crippen LogP contribution in [0.3, 0.4) is 0 Å². The lowest BCUT2D eigenvalue weighted by molar-refractivity contribution is -0.160. The minimum atomic E-state index is -1.12. The number of piperidine rings is 1. The fourth-order valence-corrected chi connectivity index (χ4v) is 6.33. The first kappa shape index (κ1) is 23.9. The Morgan fingerprint density at radius 3 is 2.58 bits per heavy atom. The third-order valence-electron chi connectivity index (χ3n) is 8.38. The average Bonchev–Trinajstić information content (AvgIpc) is 3.31. The smallest absolute Gasteiger partial charge is 0.358 e. The molecule has 1 N–H and O–H groups in total. The molecule has 4 rings (SSSR count). The Labute approximate surface area is 195 Å². The van der Waals surface area contributed by atoms with Crippen LogP contribution in [0.2, 0.25) is 0 Å². The molecule has 1 aromatic heterocycles. The summed E-state index contributed by atoms with van der Waals surface area (Å²) in [5, 5.41) is 11.9. The van der Waals surface area contributed by atoms with Crippen molar-refractivity contribution in [2.24, 2.45) is 11.3 Å². The van der Waals surface area contributed by atoms with Crippen molar-refractivity contribution in [1.82, 2.24) is 14.5 Å². The van der Waals surface area contributed by atoms with Gasteiger partial charge in [-0.25, -0.2) is 9.78 Å². The van der Waals surface area contributed by atoms with Gasteiger partial charge in [0.05, 0.1) is 25.5 Å². The van der Waals surface area contributed by atoms with Gasteiger partial charge >= 0.3 is 5.97 Å². The Kier molecular flexibility index (Phi) is 7.22. The zero-order valence-corrected chi connectivity index (χ0v) is 19.8. The molecule has 0 radical (unpaired) electrons. The molecule has 1 amide bonds. The van der Waals surface area contributed by atoms with E-state index in [0.717, 1.165) is 38.3 Å². The number of ether oxygens (including phenoxy) is 1. The number of carbonyl (C=O) groups excluding carboxylic acids is 2. The van der Waals surface area contributed by atoms with Crippen LogP contribution in [0.5, 0.6) is 0 Å². The fourth-order valence-electron chi connectivity index (χ4n) is 6.33. The molecule has 8 nitrogen and oxygen atoms in total. The molecule has 1 spiro atoms. The molecular formula is C25H37N3O5. The quantitative estimate of drug-likeness (QED) is 0.657. The highest BCUT2D eigenvalue weighted by Crippen LogP contribution is 2.51. The number of amides is 1. The largest absolute Gasteiger partial charge is 0.464 e. The van der Waals surface area contributed by atoms with Crippen molar-refractivity contribution in [3.8, 4) is 0 Å². The van der Waals surface area contributed by atoms with Gasteiger partial charge in [0.2, 0.25) is 5.91 Å². The number of nitrogens with zero attached hydrogens (tertiary/aromatic N) is 3. The van der Waals surface area contributed by atoms with Crippen LogP contribution < -0.4 is 5.56 Å². The average molecular weight is 460 g/mol. The van der Waals surface area contributed by atoms with E-state index in [2.05, 4.69) is 4.98 Å². The summed E-state index contributed by atoms with van der Waals surface area (Å²) >= 11 is 0. The first-order valence-corrected chi connectivity index (χ1v) is 12.5. The second-order valence-electron chi connectivity index (χ2n) is 10.4. The minimum Gasteiger partial charge on any atom is -0.464 e. The van der Waals surface area contributed by atoms with Crippen molar-refractivity contribution in [3.05, 3.63) is 28.4 Å². The molecule has 1 saturated heterocycles. The number of hydrogen-bond acceptors (Lipinski definition) is 6. The molecule has 1 aromatic rings. The maximum Gasteiger partial charge on any atom is 0.358 e. The van der Waals surface area contributed by atoms with E-state index in [-0.39, 0.29) is 23.7 Å². The molecule has 3 aliphatic rings. The number of esters is 1. The summed E-state index contributed by atoms with van der Waals surface area (Å²) in [6, 6.07) is 0. The summed E-state index contributed by atoms with van der Waals surface area (Å²) in [4.78, 5) is 43.3. The van der Waals surface area contributed by atoms with Crippen LogP contribution in [0.1, 0.15) is 87.5 Å². The first-order valence-electron chi connectivity index (χ1n) is 12.5. The molecule has 0 aromatic carbocycles. The van der Waals surface area contributed by atoms with Crippen molar-refractivity contribution in [3.63, 3.8) is 0 Å². The van der Waals surface area contributed by atoms with Crippen LogP contribution in [0, 0.1) is 11.3 Å². The van der Waals surface area contributed by atoms with Gasteiger partial charge in [-0.15, -0.1) is 0 Å². The molecule has 0 bridgehead atoms. The molecule has 182 valence electrons. The Morgan fingerprint density at radius 2 is 1.88 bits per heavy atom. The number of methoxy groups -OCH3 is 1. The number of likely N-dealkylation sites (tertiary alicyclic amines) is 1. The number of hydrogen-bond donors (Lipinski definition) is 1. The molecule has 33 heavy (non-hydrogen) atoms. The Balaban J connectivity index is 1.48. The topological polar surface area (TPSA) is 102 Å². The van der Waals surface area contributed by atoms with Crippen molar-refractivity contribution in [1.29, 1.82) is 0 Å². The van der Waals surface area contributed by atoms with Crippen LogP contribution in [0.25, 0.3) is 0 Å². The highest BCUT2D eigenvalue weighted by molar-refractivity contribution is 5.86. The van der Waals surface area contributed by atoms with E-state index in [0.29, 0.717) is 31.8 Å². The van der Waals surface area contributed by atoms with Crippen LogP contribution in [-0.2, 0) is 16.1 Å². The summed E-state index contributed by atoms with van der Waals surface area (Å²) in [5.41, 5.74) is -1.88. The van der Waals surface area contributed by atoms with Crippen LogP contribution in [0.15, 0.2) is 17.2 Å². The van der Waals surface area contributed by atoms with Gasteiger partial charge in [0.1, 0.15) is 0 Å². The summed E-state index contributed by atoms with van der Waals surface area (Å²) < 4.78 is 6.10. The van der Waals surface area contributed by atoms with E-state index in [1.807, 2.05) is 4.90 Å². The number of aliphatic hydroxyl groups is 1. The molecule has 1 atom stereocenters.